The SMILES string of the molecule is CCCC1=C(C(=O)OCC)[C@@H](c2ccc(OC)c(Br)c2)n2c(s/c(=C/c3ccc(OCC(=O)N4CCOCC4)c(OCC)c3)c2=O)=N1. The number of ether oxygens (including phenoxy) is 5. The van der Waals surface area contributed by atoms with Crippen LogP contribution in [0.5, 0.6) is 17.2 Å². The van der Waals surface area contributed by atoms with Crippen LogP contribution < -0.4 is 29.1 Å². The predicted octanol–water partition coefficient (Wildman–Crippen LogP) is 3.99. The topological polar surface area (TPSA) is 118 Å². The molecule has 0 saturated carbocycles. The van der Waals surface area contributed by atoms with Gasteiger partial charge in [-0.1, -0.05) is 36.8 Å². The van der Waals surface area contributed by atoms with Crippen molar-refractivity contribution in [2.75, 3.05) is 53.2 Å². The summed E-state index contributed by atoms with van der Waals surface area (Å²) < 4.78 is 30.7. The molecule has 5 rings (SSSR count). The van der Waals surface area contributed by atoms with Gasteiger partial charge in [0.1, 0.15) is 5.75 Å². The molecule has 0 radical (unpaired) electrons. The van der Waals surface area contributed by atoms with Crippen LogP contribution in [-0.4, -0.2) is 74.6 Å². The van der Waals surface area contributed by atoms with Gasteiger partial charge < -0.3 is 28.6 Å². The Morgan fingerprint density at radius 3 is 2.49 bits per heavy atom. The molecular formula is C34H38BrN3O8S. The van der Waals surface area contributed by atoms with Crippen LogP contribution in [0, 0.1) is 0 Å². The van der Waals surface area contributed by atoms with Gasteiger partial charge in [-0.15, -0.1) is 0 Å². The summed E-state index contributed by atoms with van der Waals surface area (Å²) in [7, 11) is 1.58. The molecule has 1 saturated heterocycles. The molecule has 0 spiro atoms. The molecule has 47 heavy (non-hydrogen) atoms. The van der Waals surface area contributed by atoms with Crippen LogP contribution in [0.2, 0.25) is 0 Å². The van der Waals surface area contributed by atoms with E-state index in [1.165, 1.54) is 11.3 Å². The van der Waals surface area contributed by atoms with Crippen molar-refractivity contribution in [2.24, 2.45) is 4.99 Å². The minimum atomic E-state index is -0.755. The van der Waals surface area contributed by atoms with Crippen molar-refractivity contribution < 1.29 is 33.3 Å². The molecule has 3 heterocycles. The van der Waals surface area contributed by atoms with Gasteiger partial charge in [-0.05, 0) is 77.7 Å². The van der Waals surface area contributed by atoms with Gasteiger partial charge in [0.2, 0.25) is 0 Å². The van der Waals surface area contributed by atoms with Crippen LogP contribution in [0.1, 0.15) is 50.8 Å². The van der Waals surface area contributed by atoms with E-state index in [-0.39, 0.29) is 24.7 Å². The smallest absolute Gasteiger partial charge is 0.338 e. The quantitative estimate of drug-likeness (QED) is 0.257. The number of hydrogen-bond acceptors (Lipinski definition) is 10. The first-order valence-electron chi connectivity index (χ1n) is 15.6. The number of allylic oxidation sites excluding steroid dienone is 1. The Morgan fingerprint density at radius 1 is 1.04 bits per heavy atom. The third kappa shape index (κ3) is 7.63. The average Bonchev–Trinajstić information content (AvgIpc) is 3.38. The van der Waals surface area contributed by atoms with E-state index in [0.717, 1.165) is 6.42 Å². The predicted molar refractivity (Wildman–Crippen MR) is 181 cm³/mol. The number of hydrogen-bond donors (Lipinski definition) is 0. The molecule has 0 unspecified atom stereocenters. The van der Waals surface area contributed by atoms with Crippen molar-refractivity contribution >= 4 is 45.2 Å². The van der Waals surface area contributed by atoms with Crippen LogP contribution in [0.25, 0.3) is 6.08 Å². The van der Waals surface area contributed by atoms with Gasteiger partial charge in [0.15, 0.2) is 22.9 Å². The van der Waals surface area contributed by atoms with E-state index in [4.69, 9.17) is 28.7 Å². The number of morpholine rings is 1. The van der Waals surface area contributed by atoms with E-state index < -0.39 is 12.0 Å². The van der Waals surface area contributed by atoms with E-state index in [1.807, 2.05) is 26.0 Å². The molecule has 1 aromatic heterocycles. The zero-order chi connectivity index (χ0) is 33.5. The second-order valence-corrected chi connectivity index (χ2v) is 12.6. The first-order chi connectivity index (χ1) is 22.8. The lowest BCUT2D eigenvalue weighted by Crippen LogP contribution is -2.43. The maximum absolute atomic E-state index is 14.2. The summed E-state index contributed by atoms with van der Waals surface area (Å²) in [5.74, 6) is 0.888. The summed E-state index contributed by atoms with van der Waals surface area (Å²) in [5.41, 5.74) is 2.06. The van der Waals surface area contributed by atoms with Crippen LogP contribution in [0.15, 0.2) is 61.9 Å². The summed E-state index contributed by atoms with van der Waals surface area (Å²) in [5, 5.41) is 0. The third-order valence-electron chi connectivity index (χ3n) is 7.66. The number of halogens is 1. The van der Waals surface area contributed by atoms with Crippen molar-refractivity contribution in [1.82, 2.24) is 9.47 Å². The Hall–Kier alpha value is -3.94. The highest BCUT2D eigenvalue weighted by atomic mass is 79.9. The highest BCUT2D eigenvalue weighted by Crippen LogP contribution is 2.36. The maximum Gasteiger partial charge on any atom is 0.338 e. The first kappa shape index (κ1) is 34.4. The summed E-state index contributed by atoms with van der Waals surface area (Å²) in [6, 6.07) is 10.1. The van der Waals surface area contributed by atoms with Crippen molar-refractivity contribution in [2.45, 2.75) is 39.7 Å². The molecule has 0 aliphatic carbocycles. The fourth-order valence-electron chi connectivity index (χ4n) is 5.49. The number of amides is 1. The Morgan fingerprint density at radius 2 is 1.81 bits per heavy atom. The minimum absolute atomic E-state index is 0.121. The molecule has 2 aliphatic heterocycles. The van der Waals surface area contributed by atoms with Gasteiger partial charge in [0, 0.05) is 13.1 Å². The fourth-order valence-corrected chi connectivity index (χ4v) is 7.06. The first-order valence-corrected chi connectivity index (χ1v) is 17.2. The van der Waals surface area contributed by atoms with Gasteiger partial charge in [0.25, 0.3) is 11.5 Å². The van der Waals surface area contributed by atoms with E-state index in [1.54, 1.807) is 53.8 Å². The molecule has 2 aromatic carbocycles. The Bertz CT molecular complexity index is 1840. The van der Waals surface area contributed by atoms with Crippen LogP contribution in [0.4, 0.5) is 0 Å². The van der Waals surface area contributed by atoms with Gasteiger partial charge >= 0.3 is 5.97 Å². The summed E-state index contributed by atoms with van der Waals surface area (Å²) in [6.07, 6.45) is 3.06. The number of esters is 1. The van der Waals surface area contributed by atoms with Crippen LogP contribution >= 0.6 is 27.3 Å². The molecule has 1 fully saturated rings. The Balaban J connectivity index is 1.56. The van der Waals surface area contributed by atoms with Crippen molar-refractivity contribution in [3.05, 3.63) is 83.0 Å². The van der Waals surface area contributed by atoms with E-state index in [9.17, 15) is 14.4 Å². The lowest BCUT2D eigenvalue weighted by Gasteiger charge is -2.26. The standard InChI is InChI=1S/C34H38BrN3O8S/c1-5-8-24-30(33(41)45-7-3)31(22-10-12-25(42-4)23(35)19-22)38-32(40)28(47-34(38)36-24)18-21-9-11-26(27(17-21)44-6-2)46-20-29(39)37-13-15-43-16-14-37/h9-12,17-19,31H,5-8,13-16,20H2,1-4H3/b28-18+/t31-/m1/s1. The highest BCUT2D eigenvalue weighted by Gasteiger charge is 2.34. The number of carbonyl (C=O) groups is 2. The molecule has 1 amide bonds. The number of methoxy groups -OCH3 is 1. The minimum Gasteiger partial charge on any atom is -0.496 e. The lowest BCUT2D eigenvalue weighted by molar-refractivity contribution is -0.139. The van der Waals surface area contributed by atoms with Gasteiger partial charge in [0.05, 0.1) is 59.9 Å². The molecule has 2 aliphatic rings. The molecule has 0 N–H and O–H groups in total. The van der Waals surface area contributed by atoms with Crippen LogP contribution in [-0.2, 0) is 19.1 Å². The summed E-state index contributed by atoms with van der Waals surface area (Å²) in [4.78, 5) is 47.3. The number of fused-ring (bicyclic) bond motifs is 1. The summed E-state index contributed by atoms with van der Waals surface area (Å²) in [6.45, 7) is 8.17. The second-order valence-electron chi connectivity index (χ2n) is 10.7. The number of aromatic nitrogens is 1. The molecular weight excluding hydrogens is 690 g/mol. The number of carbonyl (C=O) groups excluding carboxylic acids is 2. The van der Waals surface area contributed by atoms with Crippen molar-refractivity contribution in [3.8, 4) is 17.2 Å². The number of rotatable bonds is 12. The zero-order valence-electron chi connectivity index (χ0n) is 26.9. The lowest BCUT2D eigenvalue weighted by atomic mass is 9.94. The molecule has 0 bridgehead atoms. The number of benzene rings is 2. The number of nitrogens with zero attached hydrogens (tertiary/aromatic N) is 3. The van der Waals surface area contributed by atoms with Crippen molar-refractivity contribution in [1.29, 1.82) is 0 Å². The molecule has 3 aromatic rings. The molecule has 250 valence electrons. The Labute approximate surface area is 285 Å². The normalized spacial score (nSPS) is 16.4. The largest absolute Gasteiger partial charge is 0.496 e. The summed E-state index contributed by atoms with van der Waals surface area (Å²) >= 11 is 4.81. The molecule has 11 nitrogen and oxygen atoms in total. The van der Waals surface area contributed by atoms with Gasteiger partial charge in [-0.25, -0.2) is 9.79 Å². The highest BCUT2D eigenvalue weighted by molar-refractivity contribution is 9.10. The maximum atomic E-state index is 14.2. The van der Waals surface area contributed by atoms with Gasteiger partial charge in [-0.3, -0.25) is 14.2 Å². The van der Waals surface area contributed by atoms with Gasteiger partial charge in [-0.2, -0.15) is 0 Å². The second kappa shape index (κ2) is 15.8. The average molecular weight is 729 g/mol. The fraction of sp³-hybridized carbons (Fsp3) is 0.412. The van der Waals surface area contributed by atoms with E-state index in [0.29, 0.717) is 92.8 Å². The zero-order valence-corrected chi connectivity index (χ0v) is 29.3. The van der Waals surface area contributed by atoms with E-state index in [2.05, 4.69) is 15.9 Å². The number of thiazole rings is 1. The monoisotopic (exact) mass is 727 g/mol. The van der Waals surface area contributed by atoms with E-state index >= 15 is 0 Å². The Kier molecular flexibility index (Phi) is 11.5. The van der Waals surface area contributed by atoms with Crippen LogP contribution in [0.3, 0.4) is 0 Å². The third-order valence-corrected chi connectivity index (χ3v) is 9.27. The van der Waals surface area contributed by atoms with Crippen molar-refractivity contribution in [3.63, 3.8) is 0 Å². The molecule has 1 atom stereocenters. The molecule has 13 heteroatoms.